The zero-order valence-electron chi connectivity index (χ0n) is 7.14. The molecular weight excluding hydrogens is 188 g/mol. The van der Waals surface area contributed by atoms with Gasteiger partial charge in [-0.05, 0) is 11.5 Å². The summed E-state index contributed by atoms with van der Waals surface area (Å²) in [5.74, 6) is -0.548. The van der Waals surface area contributed by atoms with Crippen LogP contribution in [0, 0.1) is 5.82 Å². The van der Waals surface area contributed by atoms with Gasteiger partial charge in [0.05, 0.1) is 6.54 Å². The monoisotopic (exact) mass is 195 g/mol. The third-order valence-corrected chi connectivity index (χ3v) is 1.68. The molecule has 0 atom stereocenters. The molecule has 2 N–H and O–H groups in total. The van der Waals surface area contributed by atoms with E-state index in [-0.39, 0.29) is 17.6 Å². The van der Waals surface area contributed by atoms with Gasteiger partial charge in [0.1, 0.15) is 5.82 Å². The number of hydrogen-bond acceptors (Lipinski definition) is 4. The highest BCUT2D eigenvalue weighted by Gasteiger charge is 2.12. The van der Waals surface area contributed by atoms with E-state index in [1.807, 2.05) is 0 Å². The van der Waals surface area contributed by atoms with E-state index in [0.717, 1.165) is 6.07 Å². The van der Waals surface area contributed by atoms with E-state index in [1.54, 1.807) is 0 Å². The van der Waals surface area contributed by atoms with Crippen molar-refractivity contribution < 1.29 is 19.2 Å². The molecule has 0 unspecified atom stereocenters. The van der Waals surface area contributed by atoms with Crippen molar-refractivity contribution in [2.24, 2.45) is 4.99 Å². The van der Waals surface area contributed by atoms with Gasteiger partial charge in [-0.15, -0.1) is 0 Å². The van der Waals surface area contributed by atoms with Crippen LogP contribution < -0.4 is 5.46 Å². The predicted octanol–water partition coefficient (Wildman–Crippen LogP) is -0.659. The first-order valence-corrected chi connectivity index (χ1v) is 3.83. The van der Waals surface area contributed by atoms with E-state index in [2.05, 4.69) is 4.99 Å². The Morgan fingerprint density at radius 1 is 1.50 bits per heavy atom. The molecule has 0 saturated heterocycles. The molecular formula is C8H7BFNO3. The predicted molar refractivity (Wildman–Crippen MR) is 48.1 cm³/mol. The fraction of sp³-hybridized carbons (Fsp3) is 0.125. The maximum atomic E-state index is 13.0. The molecule has 0 fully saturated rings. The Kier molecular flexibility index (Phi) is 3.53. The molecule has 0 aliphatic heterocycles. The van der Waals surface area contributed by atoms with Gasteiger partial charge in [-0.1, -0.05) is 12.1 Å². The van der Waals surface area contributed by atoms with Gasteiger partial charge in [0, 0.05) is 5.56 Å². The molecule has 4 nitrogen and oxygen atoms in total. The van der Waals surface area contributed by atoms with Gasteiger partial charge < -0.3 is 10.0 Å². The van der Waals surface area contributed by atoms with Gasteiger partial charge in [0.25, 0.3) is 0 Å². The summed E-state index contributed by atoms with van der Waals surface area (Å²) < 4.78 is 13.0. The van der Waals surface area contributed by atoms with Crippen molar-refractivity contribution in [1.82, 2.24) is 0 Å². The normalized spacial score (nSPS) is 9.36. The molecule has 14 heavy (non-hydrogen) atoms. The van der Waals surface area contributed by atoms with Crippen molar-refractivity contribution in [2.75, 3.05) is 0 Å². The fourth-order valence-corrected chi connectivity index (χ4v) is 0.994. The molecule has 0 aromatic heterocycles. The lowest BCUT2D eigenvalue weighted by molar-refractivity contribution is 0.425. The Bertz CT molecular complexity index is 377. The van der Waals surface area contributed by atoms with Crippen LogP contribution in [0.1, 0.15) is 5.56 Å². The molecule has 0 spiro atoms. The topological polar surface area (TPSA) is 69.9 Å². The maximum Gasteiger partial charge on any atom is 0.488 e. The highest BCUT2D eigenvalue weighted by atomic mass is 19.1. The van der Waals surface area contributed by atoms with Crippen molar-refractivity contribution in [3.8, 4) is 0 Å². The molecule has 0 heterocycles. The average molecular weight is 195 g/mol. The minimum Gasteiger partial charge on any atom is -0.423 e. The Balaban J connectivity index is 3.01. The summed E-state index contributed by atoms with van der Waals surface area (Å²) in [5, 5.41) is 17.6. The lowest BCUT2D eigenvalue weighted by Crippen LogP contribution is -2.30. The standard InChI is InChI=1S/C8H7BFNO3/c10-8-2-1-7(9(13)14)3-6(8)4-11-5-12/h1-3,13-14H,4H2. The van der Waals surface area contributed by atoms with Gasteiger partial charge in [0.2, 0.25) is 6.08 Å². The summed E-state index contributed by atoms with van der Waals surface area (Å²) in [4.78, 5) is 13.0. The van der Waals surface area contributed by atoms with E-state index < -0.39 is 12.9 Å². The second-order valence-corrected chi connectivity index (χ2v) is 2.63. The summed E-state index contributed by atoms with van der Waals surface area (Å²) in [6.07, 6.45) is 1.28. The molecule has 0 bridgehead atoms. The van der Waals surface area contributed by atoms with Crippen molar-refractivity contribution in [1.29, 1.82) is 0 Å². The zero-order valence-corrected chi connectivity index (χ0v) is 7.14. The quantitative estimate of drug-likeness (QED) is 0.382. The molecule has 0 amide bonds. The van der Waals surface area contributed by atoms with E-state index in [1.165, 1.54) is 18.2 Å². The molecule has 6 heteroatoms. The number of benzene rings is 1. The first kappa shape index (κ1) is 10.6. The van der Waals surface area contributed by atoms with E-state index in [9.17, 15) is 9.18 Å². The zero-order chi connectivity index (χ0) is 10.6. The highest BCUT2D eigenvalue weighted by Crippen LogP contribution is 2.06. The molecule has 72 valence electrons. The van der Waals surface area contributed by atoms with Gasteiger partial charge in [-0.3, -0.25) is 0 Å². The van der Waals surface area contributed by atoms with Crippen LogP contribution in [0.25, 0.3) is 0 Å². The van der Waals surface area contributed by atoms with Crippen LogP contribution in [-0.4, -0.2) is 23.2 Å². The molecule has 0 saturated carbocycles. The van der Waals surface area contributed by atoms with Crippen LogP contribution >= 0.6 is 0 Å². The largest absolute Gasteiger partial charge is 0.488 e. The second-order valence-electron chi connectivity index (χ2n) is 2.63. The molecule has 1 aromatic carbocycles. The molecule has 1 rings (SSSR count). The summed E-state index contributed by atoms with van der Waals surface area (Å²) in [5.41, 5.74) is 0.279. The molecule has 0 aliphatic rings. The summed E-state index contributed by atoms with van der Waals surface area (Å²) in [6, 6.07) is 3.57. The van der Waals surface area contributed by atoms with E-state index in [4.69, 9.17) is 10.0 Å². The van der Waals surface area contributed by atoms with E-state index >= 15 is 0 Å². The lowest BCUT2D eigenvalue weighted by atomic mass is 9.79. The number of isocyanates is 1. The van der Waals surface area contributed by atoms with Crippen LogP contribution in [0.3, 0.4) is 0 Å². The molecule has 1 aromatic rings. The number of aliphatic imine (C=N–C) groups is 1. The summed E-state index contributed by atoms with van der Waals surface area (Å²) in [7, 11) is -1.66. The van der Waals surface area contributed by atoms with E-state index in [0.29, 0.717) is 0 Å². The Hall–Kier alpha value is -1.49. The third kappa shape index (κ3) is 2.50. The molecule has 0 aliphatic carbocycles. The maximum absolute atomic E-state index is 13.0. The smallest absolute Gasteiger partial charge is 0.423 e. The SMILES string of the molecule is O=C=NCc1cc(B(O)O)ccc1F. The lowest BCUT2D eigenvalue weighted by Gasteiger charge is -2.02. The fourth-order valence-electron chi connectivity index (χ4n) is 0.994. The first-order valence-electron chi connectivity index (χ1n) is 3.83. The number of halogens is 1. The van der Waals surface area contributed by atoms with Crippen LogP contribution in [0.15, 0.2) is 23.2 Å². The summed E-state index contributed by atoms with van der Waals surface area (Å²) in [6.45, 7) is -0.157. The van der Waals surface area contributed by atoms with Crippen LogP contribution in [0.4, 0.5) is 4.39 Å². The number of nitrogens with zero attached hydrogens (tertiary/aromatic N) is 1. The van der Waals surface area contributed by atoms with Crippen molar-refractivity contribution in [3.05, 3.63) is 29.6 Å². The first-order chi connectivity index (χ1) is 6.65. The van der Waals surface area contributed by atoms with Crippen LogP contribution in [0.2, 0.25) is 0 Å². The number of rotatable bonds is 3. The Morgan fingerprint density at radius 3 is 2.79 bits per heavy atom. The molecule has 0 radical (unpaired) electrons. The summed E-state index contributed by atoms with van der Waals surface area (Å²) >= 11 is 0. The van der Waals surface area contributed by atoms with Crippen molar-refractivity contribution >= 4 is 18.7 Å². The van der Waals surface area contributed by atoms with Crippen molar-refractivity contribution in [2.45, 2.75) is 6.54 Å². The van der Waals surface area contributed by atoms with Crippen molar-refractivity contribution in [3.63, 3.8) is 0 Å². The Morgan fingerprint density at radius 2 is 2.21 bits per heavy atom. The number of hydrogen-bond donors (Lipinski definition) is 2. The van der Waals surface area contributed by atoms with Gasteiger partial charge in [-0.25, -0.2) is 14.2 Å². The highest BCUT2D eigenvalue weighted by molar-refractivity contribution is 6.58. The minimum absolute atomic E-state index is 0.124. The van der Waals surface area contributed by atoms with Gasteiger partial charge in [0.15, 0.2) is 0 Å². The van der Waals surface area contributed by atoms with Crippen LogP contribution in [0.5, 0.6) is 0 Å². The van der Waals surface area contributed by atoms with Crippen LogP contribution in [-0.2, 0) is 11.3 Å². The second kappa shape index (κ2) is 4.67. The average Bonchev–Trinajstić information content (AvgIpc) is 2.16. The number of carbonyl (C=O) groups excluding carboxylic acids is 1. The minimum atomic E-state index is -1.66. The third-order valence-electron chi connectivity index (χ3n) is 1.68. The van der Waals surface area contributed by atoms with Gasteiger partial charge in [-0.2, -0.15) is 0 Å². The Labute approximate surface area is 79.9 Å². The van der Waals surface area contributed by atoms with Gasteiger partial charge >= 0.3 is 7.12 Å².